The second-order valence-corrected chi connectivity index (χ2v) is 3.89. The molecule has 2 aromatic heterocycles. The van der Waals surface area contributed by atoms with Gasteiger partial charge in [0.15, 0.2) is 0 Å². The Labute approximate surface area is 114 Å². The van der Waals surface area contributed by atoms with Crippen LogP contribution in [0.4, 0.5) is 5.69 Å². The zero-order chi connectivity index (χ0) is 13.7. The molecule has 0 aliphatic heterocycles. The maximum absolute atomic E-state index is 11.8. The molecule has 0 saturated heterocycles. The molecule has 0 aliphatic carbocycles. The van der Waals surface area contributed by atoms with E-state index in [1.54, 1.807) is 12.1 Å². The predicted octanol–water partition coefficient (Wildman–Crippen LogP) is 2.18. The molecule has 1 amide bonds. The monoisotopic (exact) mass is 278 g/mol. The number of ether oxygens (including phenoxy) is 1. The molecule has 19 heavy (non-hydrogen) atoms. The van der Waals surface area contributed by atoms with Crippen LogP contribution in [0, 0.1) is 0 Å². The van der Waals surface area contributed by atoms with Crippen molar-refractivity contribution in [3.63, 3.8) is 0 Å². The number of hydrogen-bond donors (Lipinski definition) is 1. The molecule has 0 bridgehead atoms. The summed E-state index contributed by atoms with van der Waals surface area (Å²) in [7, 11) is 0. The third-order valence-corrected chi connectivity index (χ3v) is 2.31. The van der Waals surface area contributed by atoms with Crippen molar-refractivity contribution in [3.05, 3.63) is 41.6 Å². The van der Waals surface area contributed by atoms with Gasteiger partial charge in [-0.05, 0) is 13.0 Å². The minimum atomic E-state index is -0.402. The summed E-state index contributed by atoms with van der Waals surface area (Å²) in [6, 6.07) is 3.36. The van der Waals surface area contributed by atoms with Gasteiger partial charge < -0.3 is 10.1 Å². The maximum atomic E-state index is 11.8. The normalized spacial score (nSPS) is 10.0. The molecule has 6 nitrogen and oxygen atoms in total. The second kappa shape index (κ2) is 6.10. The van der Waals surface area contributed by atoms with Crippen LogP contribution in [-0.4, -0.2) is 27.5 Å². The quantitative estimate of drug-likeness (QED) is 0.927. The Hall–Kier alpha value is -2.21. The lowest BCUT2D eigenvalue weighted by molar-refractivity contribution is 0.102. The molecule has 0 radical (unpaired) electrons. The van der Waals surface area contributed by atoms with Gasteiger partial charge in [0.2, 0.25) is 5.88 Å². The first-order valence-corrected chi connectivity index (χ1v) is 5.94. The molecule has 0 unspecified atom stereocenters. The topological polar surface area (TPSA) is 77.0 Å². The lowest BCUT2D eigenvalue weighted by Crippen LogP contribution is -2.14. The van der Waals surface area contributed by atoms with E-state index in [2.05, 4.69) is 20.3 Å². The summed E-state index contributed by atoms with van der Waals surface area (Å²) < 4.78 is 5.20. The van der Waals surface area contributed by atoms with Gasteiger partial charge in [0.05, 0.1) is 30.9 Å². The smallest absolute Gasteiger partial charge is 0.275 e. The third-order valence-electron chi connectivity index (χ3n) is 2.12. The highest BCUT2D eigenvalue weighted by Gasteiger charge is 2.09. The lowest BCUT2D eigenvalue weighted by Gasteiger charge is -2.05. The Morgan fingerprint density at radius 2 is 2.21 bits per heavy atom. The molecule has 0 atom stereocenters. The van der Waals surface area contributed by atoms with Gasteiger partial charge in [-0.2, -0.15) is 0 Å². The van der Waals surface area contributed by atoms with Crippen LogP contribution in [0.5, 0.6) is 5.88 Å². The van der Waals surface area contributed by atoms with Gasteiger partial charge in [0, 0.05) is 6.07 Å². The molecule has 2 heterocycles. The number of nitrogens with one attached hydrogen (secondary N) is 1. The first kappa shape index (κ1) is 13.2. The van der Waals surface area contributed by atoms with E-state index in [1.165, 1.54) is 18.6 Å². The van der Waals surface area contributed by atoms with Crippen LogP contribution in [0.3, 0.4) is 0 Å². The van der Waals surface area contributed by atoms with Crippen LogP contribution < -0.4 is 10.1 Å². The summed E-state index contributed by atoms with van der Waals surface area (Å²) in [5.74, 6) is 0.101. The Morgan fingerprint density at radius 1 is 1.37 bits per heavy atom. The van der Waals surface area contributed by atoms with Crippen molar-refractivity contribution in [2.75, 3.05) is 11.9 Å². The van der Waals surface area contributed by atoms with Crippen LogP contribution in [0.25, 0.3) is 0 Å². The van der Waals surface area contributed by atoms with E-state index in [9.17, 15) is 4.79 Å². The summed E-state index contributed by atoms with van der Waals surface area (Å²) in [5.41, 5.74) is 0.677. The molecular formula is C12H11ClN4O2. The summed E-state index contributed by atoms with van der Waals surface area (Å²) in [5, 5.41) is 2.80. The Balaban J connectivity index is 2.06. The van der Waals surface area contributed by atoms with Crippen LogP contribution in [0.15, 0.2) is 30.7 Å². The van der Waals surface area contributed by atoms with Gasteiger partial charge >= 0.3 is 0 Å². The van der Waals surface area contributed by atoms with E-state index >= 15 is 0 Å². The molecule has 98 valence electrons. The van der Waals surface area contributed by atoms with Crippen molar-refractivity contribution < 1.29 is 9.53 Å². The van der Waals surface area contributed by atoms with Crippen molar-refractivity contribution in [2.45, 2.75) is 6.92 Å². The van der Waals surface area contributed by atoms with Gasteiger partial charge in [0.1, 0.15) is 10.8 Å². The number of carbonyl (C=O) groups is 1. The zero-order valence-electron chi connectivity index (χ0n) is 10.1. The maximum Gasteiger partial charge on any atom is 0.275 e. The molecule has 2 rings (SSSR count). The van der Waals surface area contributed by atoms with E-state index < -0.39 is 5.91 Å². The molecule has 7 heteroatoms. The summed E-state index contributed by atoms with van der Waals surface area (Å²) in [6.45, 7) is 2.41. The number of nitrogens with zero attached hydrogens (tertiary/aromatic N) is 3. The molecule has 0 aliphatic rings. The molecule has 0 spiro atoms. The van der Waals surface area contributed by atoms with Gasteiger partial charge in [-0.1, -0.05) is 11.6 Å². The van der Waals surface area contributed by atoms with E-state index in [-0.39, 0.29) is 10.8 Å². The van der Waals surface area contributed by atoms with Crippen LogP contribution in [-0.2, 0) is 0 Å². The van der Waals surface area contributed by atoms with Gasteiger partial charge in [-0.3, -0.25) is 9.78 Å². The first-order valence-electron chi connectivity index (χ1n) is 5.57. The van der Waals surface area contributed by atoms with Crippen molar-refractivity contribution in [3.8, 4) is 5.88 Å². The summed E-state index contributed by atoms with van der Waals surface area (Å²) in [6.07, 6.45) is 4.20. The van der Waals surface area contributed by atoms with Crippen LogP contribution >= 0.6 is 11.6 Å². The standard InChI is InChI=1S/C12H11ClN4O2/c1-2-19-11-4-3-8(5-15-11)16-12(18)9-6-14-7-10(13)17-9/h3-7H,2H2,1H3,(H,16,18). The Morgan fingerprint density at radius 3 is 2.84 bits per heavy atom. The highest BCUT2D eigenvalue weighted by atomic mass is 35.5. The molecule has 2 aromatic rings. The second-order valence-electron chi connectivity index (χ2n) is 3.50. The van der Waals surface area contributed by atoms with Crippen molar-refractivity contribution in [1.29, 1.82) is 0 Å². The third kappa shape index (κ3) is 3.62. The number of carbonyl (C=O) groups excluding carboxylic acids is 1. The summed E-state index contributed by atoms with van der Waals surface area (Å²) >= 11 is 5.66. The minimum absolute atomic E-state index is 0.140. The fraction of sp³-hybridized carbons (Fsp3) is 0.167. The highest BCUT2D eigenvalue weighted by molar-refractivity contribution is 6.29. The largest absolute Gasteiger partial charge is 0.478 e. The number of aromatic nitrogens is 3. The predicted molar refractivity (Wildman–Crippen MR) is 70.4 cm³/mol. The van der Waals surface area contributed by atoms with Gasteiger partial charge in [-0.15, -0.1) is 0 Å². The minimum Gasteiger partial charge on any atom is -0.478 e. The average molecular weight is 279 g/mol. The van der Waals surface area contributed by atoms with E-state index in [0.29, 0.717) is 18.2 Å². The average Bonchev–Trinajstić information content (AvgIpc) is 2.41. The van der Waals surface area contributed by atoms with Crippen LogP contribution in [0.1, 0.15) is 17.4 Å². The van der Waals surface area contributed by atoms with Gasteiger partial charge in [-0.25, -0.2) is 9.97 Å². The Bertz CT molecular complexity index is 574. The molecule has 0 aromatic carbocycles. The summed E-state index contributed by atoms with van der Waals surface area (Å²) in [4.78, 5) is 23.5. The number of halogens is 1. The zero-order valence-corrected chi connectivity index (χ0v) is 10.9. The van der Waals surface area contributed by atoms with Gasteiger partial charge in [0.25, 0.3) is 5.91 Å². The van der Waals surface area contributed by atoms with E-state index in [0.717, 1.165) is 0 Å². The molecule has 1 N–H and O–H groups in total. The lowest BCUT2D eigenvalue weighted by atomic mass is 10.3. The number of anilines is 1. The van der Waals surface area contributed by atoms with Crippen molar-refractivity contribution in [1.82, 2.24) is 15.0 Å². The fourth-order valence-corrected chi connectivity index (χ4v) is 1.48. The number of rotatable bonds is 4. The Kier molecular flexibility index (Phi) is 4.25. The van der Waals surface area contributed by atoms with Crippen molar-refractivity contribution in [2.24, 2.45) is 0 Å². The van der Waals surface area contributed by atoms with E-state index in [1.807, 2.05) is 6.92 Å². The number of hydrogen-bond acceptors (Lipinski definition) is 5. The highest BCUT2D eigenvalue weighted by Crippen LogP contribution is 2.12. The van der Waals surface area contributed by atoms with E-state index in [4.69, 9.17) is 16.3 Å². The molecule has 0 saturated carbocycles. The van der Waals surface area contributed by atoms with Crippen LogP contribution in [0.2, 0.25) is 5.15 Å². The molecular weight excluding hydrogens is 268 g/mol. The number of amides is 1. The number of pyridine rings is 1. The molecule has 0 fully saturated rings. The fourth-order valence-electron chi connectivity index (χ4n) is 1.33. The van der Waals surface area contributed by atoms with Crippen molar-refractivity contribution >= 4 is 23.2 Å². The first-order chi connectivity index (χ1) is 9.19. The SMILES string of the molecule is CCOc1ccc(NC(=O)c2cncc(Cl)n2)cn1.